The number of aliphatic hydroxyl groups excluding tert-OH is 4. The van der Waals surface area contributed by atoms with Crippen LogP contribution in [0.3, 0.4) is 0 Å². The van der Waals surface area contributed by atoms with Crippen molar-refractivity contribution in [3.8, 4) is 16.9 Å². The average Bonchev–Trinajstić information content (AvgIpc) is 2.69. The van der Waals surface area contributed by atoms with Gasteiger partial charge in [-0.1, -0.05) is 24.3 Å². The summed E-state index contributed by atoms with van der Waals surface area (Å²) in [6.07, 6.45) is -6.67. The van der Waals surface area contributed by atoms with Gasteiger partial charge >= 0.3 is 6.03 Å². The molecular formula is C19H22N2O7. The molecule has 2 aromatic rings. The SMILES string of the molecule is NC(=O)Nc1ccc(-c2ccc(OC3O[C@@H](CO)[C@@H](O)[C@H](O)[C@H]3O)cc2)cc1. The van der Waals surface area contributed by atoms with E-state index < -0.39 is 43.3 Å². The van der Waals surface area contributed by atoms with E-state index in [0.29, 0.717) is 11.4 Å². The van der Waals surface area contributed by atoms with Crippen molar-refractivity contribution in [2.75, 3.05) is 11.9 Å². The number of carbonyl (C=O) groups excluding carboxylic acids is 1. The Morgan fingerprint density at radius 3 is 2.07 bits per heavy atom. The number of primary amides is 1. The van der Waals surface area contributed by atoms with Crippen molar-refractivity contribution in [1.29, 1.82) is 0 Å². The van der Waals surface area contributed by atoms with Gasteiger partial charge in [-0.05, 0) is 35.4 Å². The van der Waals surface area contributed by atoms with E-state index in [4.69, 9.17) is 15.2 Å². The summed E-state index contributed by atoms with van der Waals surface area (Å²) >= 11 is 0. The summed E-state index contributed by atoms with van der Waals surface area (Å²) < 4.78 is 10.9. The molecule has 0 saturated carbocycles. The molecule has 3 rings (SSSR count). The van der Waals surface area contributed by atoms with E-state index in [2.05, 4.69) is 5.32 Å². The number of urea groups is 1. The molecule has 1 fully saturated rings. The van der Waals surface area contributed by atoms with Gasteiger partial charge in [0.25, 0.3) is 0 Å². The van der Waals surface area contributed by atoms with Gasteiger partial charge in [0, 0.05) is 5.69 Å². The second-order valence-corrected chi connectivity index (χ2v) is 6.41. The molecule has 9 nitrogen and oxygen atoms in total. The quantitative estimate of drug-likeness (QED) is 0.421. The number of carbonyl (C=O) groups is 1. The summed E-state index contributed by atoms with van der Waals surface area (Å²) in [6, 6.07) is 13.3. The number of anilines is 1. The van der Waals surface area contributed by atoms with Crippen LogP contribution in [0.2, 0.25) is 0 Å². The first-order valence-corrected chi connectivity index (χ1v) is 8.63. The molecule has 0 spiro atoms. The highest BCUT2D eigenvalue weighted by Gasteiger charge is 2.44. The van der Waals surface area contributed by atoms with Crippen LogP contribution >= 0.6 is 0 Å². The standard InChI is InChI=1S/C19H22N2O7/c20-19(26)21-12-5-1-10(2-6-12)11-3-7-13(8-4-11)27-18-17(25)16(24)15(23)14(9-22)28-18/h1-8,14-18,22-25H,9H2,(H3,20,21,26)/t14-,15+,16-,17+,18?/m0/s1. The molecule has 0 aliphatic carbocycles. The Bertz CT molecular complexity index is 795. The van der Waals surface area contributed by atoms with Crippen LogP contribution in [0.5, 0.6) is 5.75 Å². The van der Waals surface area contributed by atoms with Crippen LogP contribution in [0, 0.1) is 0 Å². The van der Waals surface area contributed by atoms with Crippen molar-refractivity contribution in [2.24, 2.45) is 5.73 Å². The van der Waals surface area contributed by atoms with Crippen molar-refractivity contribution < 1.29 is 34.7 Å². The summed E-state index contributed by atoms with van der Waals surface area (Å²) in [4.78, 5) is 10.9. The summed E-state index contributed by atoms with van der Waals surface area (Å²) in [5.74, 6) is 0.375. The van der Waals surface area contributed by atoms with E-state index in [1.54, 1.807) is 36.4 Å². The third-order valence-electron chi connectivity index (χ3n) is 4.44. The Hall–Kier alpha value is -2.69. The van der Waals surface area contributed by atoms with E-state index in [1.807, 2.05) is 12.1 Å². The fourth-order valence-electron chi connectivity index (χ4n) is 2.91. The zero-order chi connectivity index (χ0) is 20.3. The van der Waals surface area contributed by atoms with E-state index >= 15 is 0 Å². The van der Waals surface area contributed by atoms with Crippen LogP contribution in [0.4, 0.5) is 10.5 Å². The third kappa shape index (κ3) is 4.41. The lowest BCUT2D eigenvalue weighted by molar-refractivity contribution is -0.277. The number of rotatable bonds is 5. The number of hydrogen-bond acceptors (Lipinski definition) is 7. The lowest BCUT2D eigenvalue weighted by atomic mass is 9.99. The van der Waals surface area contributed by atoms with Crippen molar-refractivity contribution in [2.45, 2.75) is 30.7 Å². The molecule has 5 atom stereocenters. The normalized spacial score (nSPS) is 27.2. The highest BCUT2D eigenvalue weighted by molar-refractivity contribution is 5.88. The van der Waals surface area contributed by atoms with E-state index in [0.717, 1.165) is 11.1 Å². The number of amides is 2. The Morgan fingerprint density at radius 1 is 0.964 bits per heavy atom. The van der Waals surface area contributed by atoms with E-state index in [9.17, 15) is 25.2 Å². The predicted octanol–water partition coefficient (Wildman–Crippen LogP) is 0.0229. The molecule has 7 N–H and O–H groups in total. The summed E-state index contributed by atoms with van der Waals surface area (Å²) in [7, 11) is 0. The van der Waals surface area contributed by atoms with Gasteiger partial charge in [0.2, 0.25) is 6.29 Å². The first-order chi connectivity index (χ1) is 13.4. The largest absolute Gasteiger partial charge is 0.462 e. The summed E-state index contributed by atoms with van der Waals surface area (Å²) in [5.41, 5.74) is 7.44. The highest BCUT2D eigenvalue weighted by atomic mass is 16.7. The number of nitrogens with one attached hydrogen (secondary N) is 1. The second-order valence-electron chi connectivity index (χ2n) is 6.41. The lowest BCUT2D eigenvalue weighted by Crippen LogP contribution is -2.60. The maximum absolute atomic E-state index is 10.9. The molecular weight excluding hydrogens is 368 g/mol. The first kappa shape index (κ1) is 20.1. The first-order valence-electron chi connectivity index (χ1n) is 8.63. The molecule has 0 bridgehead atoms. The predicted molar refractivity (Wildman–Crippen MR) is 99.5 cm³/mol. The molecule has 2 amide bonds. The van der Waals surface area contributed by atoms with Crippen LogP contribution in [-0.2, 0) is 4.74 Å². The fraction of sp³-hybridized carbons (Fsp3) is 0.316. The molecule has 1 saturated heterocycles. The smallest absolute Gasteiger partial charge is 0.316 e. The number of nitrogens with two attached hydrogens (primary N) is 1. The maximum Gasteiger partial charge on any atom is 0.316 e. The van der Waals surface area contributed by atoms with Gasteiger partial charge in [0.05, 0.1) is 6.61 Å². The van der Waals surface area contributed by atoms with Crippen LogP contribution in [0.25, 0.3) is 11.1 Å². The van der Waals surface area contributed by atoms with E-state index in [1.165, 1.54) is 0 Å². The van der Waals surface area contributed by atoms with Gasteiger partial charge in [-0.15, -0.1) is 0 Å². The van der Waals surface area contributed by atoms with Gasteiger partial charge in [-0.3, -0.25) is 0 Å². The second kappa shape index (κ2) is 8.55. The topological polar surface area (TPSA) is 154 Å². The molecule has 2 aromatic carbocycles. The number of ether oxygens (including phenoxy) is 2. The molecule has 1 aliphatic heterocycles. The minimum atomic E-state index is -1.50. The molecule has 9 heteroatoms. The molecule has 0 radical (unpaired) electrons. The molecule has 1 unspecified atom stereocenters. The number of aliphatic hydroxyl groups is 4. The monoisotopic (exact) mass is 390 g/mol. The van der Waals surface area contributed by atoms with Gasteiger partial charge < -0.3 is 41.0 Å². The Morgan fingerprint density at radius 2 is 1.54 bits per heavy atom. The van der Waals surface area contributed by atoms with Crippen molar-refractivity contribution in [3.05, 3.63) is 48.5 Å². The fourth-order valence-corrected chi connectivity index (χ4v) is 2.91. The molecule has 1 aliphatic rings. The van der Waals surface area contributed by atoms with Crippen molar-refractivity contribution in [1.82, 2.24) is 0 Å². The average molecular weight is 390 g/mol. The summed E-state index contributed by atoms with van der Waals surface area (Å²) in [5, 5.41) is 41.3. The van der Waals surface area contributed by atoms with Gasteiger partial charge in [-0.2, -0.15) is 0 Å². The van der Waals surface area contributed by atoms with Crippen LogP contribution in [0.15, 0.2) is 48.5 Å². The van der Waals surface area contributed by atoms with Crippen molar-refractivity contribution in [3.63, 3.8) is 0 Å². The number of benzene rings is 2. The highest BCUT2D eigenvalue weighted by Crippen LogP contribution is 2.27. The molecule has 0 aromatic heterocycles. The maximum atomic E-state index is 10.9. The van der Waals surface area contributed by atoms with Crippen LogP contribution in [-0.4, -0.2) is 63.8 Å². The zero-order valence-corrected chi connectivity index (χ0v) is 14.8. The Kier molecular flexibility index (Phi) is 6.12. The van der Waals surface area contributed by atoms with Gasteiger partial charge in [0.1, 0.15) is 30.2 Å². The molecule has 150 valence electrons. The lowest BCUT2D eigenvalue weighted by Gasteiger charge is -2.39. The molecule has 28 heavy (non-hydrogen) atoms. The Balaban J connectivity index is 1.68. The van der Waals surface area contributed by atoms with Crippen molar-refractivity contribution >= 4 is 11.7 Å². The summed E-state index contributed by atoms with van der Waals surface area (Å²) in [6.45, 7) is -0.523. The van der Waals surface area contributed by atoms with Crippen LogP contribution < -0.4 is 15.8 Å². The Labute approximate surface area is 160 Å². The molecule has 1 heterocycles. The number of hydrogen-bond donors (Lipinski definition) is 6. The third-order valence-corrected chi connectivity index (χ3v) is 4.44. The zero-order valence-electron chi connectivity index (χ0n) is 14.8. The van der Waals surface area contributed by atoms with Crippen LogP contribution in [0.1, 0.15) is 0 Å². The van der Waals surface area contributed by atoms with Gasteiger partial charge in [0.15, 0.2) is 0 Å². The van der Waals surface area contributed by atoms with Gasteiger partial charge in [-0.25, -0.2) is 4.79 Å². The minimum absolute atomic E-state index is 0.375. The van der Waals surface area contributed by atoms with E-state index in [-0.39, 0.29) is 0 Å². The minimum Gasteiger partial charge on any atom is -0.462 e.